The molecule has 0 bridgehead atoms. The van der Waals surface area contributed by atoms with E-state index in [4.69, 9.17) is 10.5 Å². The van der Waals surface area contributed by atoms with Gasteiger partial charge in [-0.3, -0.25) is 4.79 Å². The second-order valence-electron chi connectivity index (χ2n) is 4.73. The first-order valence-electron chi connectivity index (χ1n) is 6.33. The van der Waals surface area contributed by atoms with Crippen LogP contribution in [-0.2, 0) is 0 Å². The fourth-order valence-electron chi connectivity index (χ4n) is 2.02. The van der Waals surface area contributed by atoms with Crippen LogP contribution in [0.15, 0.2) is 36.4 Å². The molecule has 0 aliphatic heterocycles. The van der Waals surface area contributed by atoms with Gasteiger partial charge in [-0.05, 0) is 49.7 Å². The van der Waals surface area contributed by atoms with E-state index in [1.165, 1.54) is 0 Å². The number of nitrogens with two attached hydrogens (primary N) is 1. The van der Waals surface area contributed by atoms with Crippen molar-refractivity contribution < 1.29 is 9.53 Å². The summed E-state index contributed by atoms with van der Waals surface area (Å²) in [6, 6.07) is 10.9. The number of rotatable bonds is 3. The maximum absolute atomic E-state index is 12.2. The Bertz CT molecular complexity index is 651. The van der Waals surface area contributed by atoms with Gasteiger partial charge < -0.3 is 15.8 Å². The van der Waals surface area contributed by atoms with Crippen LogP contribution < -0.4 is 15.8 Å². The molecule has 104 valence electrons. The van der Waals surface area contributed by atoms with Crippen LogP contribution in [0.1, 0.15) is 21.5 Å². The molecule has 20 heavy (non-hydrogen) atoms. The maximum atomic E-state index is 12.2. The predicted molar refractivity (Wildman–Crippen MR) is 81.3 cm³/mol. The molecule has 0 atom stereocenters. The van der Waals surface area contributed by atoms with E-state index in [1.807, 2.05) is 32.0 Å². The molecule has 4 heteroatoms. The van der Waals surface area contributed by atoms with Gasteiger partial charge in [0, 0.05) is 11.4 Å². The van der Waals surface area contributed by atoms with E-state index in [9.17, 15) is 4.79 Å². The van der Waals surface area contributed by atoms with E-state index in [1.54, 1.807) is 25.3 Å². The molecule has 0 saturated heterocycles. The van der Waals surface area contributed by atoms with Gasteiger partial charge in [-0.25, -0.2) is 0 Å². The largest absolute Gasteiger partial charge is 0.496 e. The summed E-state index contributed by atoms with van der Waals surface area (Å²) in [6.45, 7) is 3.85. The molecule has 0 aromatic heterocycles. The van der Waals surface area contributed by atoms with Gasteiger partial charge in [0.25, 0.3) is 5.91 Å². The number of ether oxygens (including phenoxy) is 1. The van der Waals surface area contributed by atoms with Crippen molar-refractivity contribution in [3.63, 3.8) is 0 Å². The lowest BCUT2D eigenvalue weighted by Crippen LogP contribution is -2.14. The Balaban J connectivity index is 2.23. The molecule has 0 aliphatic rings. The number of hydrogen-bond acceptors (Lipinski definition) is 3. The monoisotopic (exact) mass is 270 g/mol. The summed E-state index contributed by atoms with van der Waals surface area (Å²) in [6.07, 6.45) is 0. The Hall–Kier alpha value is -2.49. The number of carbonyl (C=O) groups excluding carboxylic acids is 1. The second kappa shape index (κ2) is 5.65. The van der Waals surface area contributed by atoms with Crippen molar-refractivity contribution in [1.82, 2.24) is 0 Å². The molecule has 0 fully saturated rings. The summed E-state index contributed by atoms with van der Waals surface area (Å²) >= 11 is 0. The molecule has 2 rings (SSSR count). The number of hydrogen-bond donors (Lipinski definition) is 2. The number of anilines is 2. The van der Waals surface area contributed by atoms with Crippen molar-refractivity contribution in [2.45, 2.75) is 13.8 Å². The minimum absolute atomic E-state index is 0.212. The SMILES string of the molecule is COc1ccc(NC(=O)c2cc(C)ccc2N)cc1C. The number of aryl methyl sites for hydroxylation is 2. The van der Waals surface area contributed by atoms with E-state index >= 15 is 0 Å². The molecular formula is C16H18N2O2. The van der Waals surface area contributed by atoms with E-state index in [2.05, 4.69) is 5.32 Å². The highest BCUT2D eigenvalue weighted by molar-refractivity contribution is 6.07. The molecule has 0 heterocycles. The summed E-state index contributed by atoms with van der Waals surface area (Å²) in [7, 11) is 1.62. The highest BCUT2D eigenvalue weighted by atomic mass is 16.5. The van der Waals surface area contributed by atoms with Gasteiger partial charge in [-0.1, -0.05) is 11.6 Å². The first kappa shape index (κ1) is 13.9. The molecule has 2 aromatic rings. The van der Waals surface area contributed by atoms with Gasteiger partial charge in [0.15, 0.2) is 0 Å². The third-order valence-corrected chi connectivity index (χ3v) is 3.11. The Morgan fingerprint density at radius 3 is 2.55 bits per heavy atom. The lowest BCUT2D eigenvalue weighted by Gasteiger charge is -2.10. The zero-order valence-electron chi connectivity index (χ0n) is 11.9. The Morgan fingerprint density at radius 1 is 1.15 bits per heavy atom. The van der Waals surface area contributed by atoms with Crippen molar-refractivity contribution in [1.29, 1.82) is 0 Å². The van der Waals surface area contributed by atoms with Gasteiger partial charge in [-0.2, -0.15) is 0 Å². The van der Waals surface area contributed by atoms with Crippen LogP contribution >= 0.6 is 0 Å². The number of methoxy groups -OCH3 is 1. The molecule has 0 aliphatic carbocycles. The molecule has 0 saturated carbocycles. The maximum Gasteiger partial charge on any atom is 0.257 e. The first-order valence-corrected chi connectivity index (χ1v) is 6.33. The van der Waals surface area contributed by atoms with Crippen LogP contribution in [0, 0.1) is 13.8 Å². The van der Waals surface area contributed by atoms with E-state index < -0.39 is 0 Å². The van der Waals surface area contributed by atoms with Crippen molar-refractivity contribution in [2.75, 3.05) is 18.2 Å². The highest BCUT2D eigenvalue weighted by Gasteiger charge is 2.11. The minimum atomic E-state index is -0.212. The number of nitrogen functional groups attached to an aromatic ring is 1. The molecule has 2 aromatic carbocycles. The molecule has 1 amide bonds. The molecule has 0 unspecified atom stereocenters. The Morgan fingerprint density at radius 2 is 1.90 bits per heavy atom. The Kier molecular flexibility index (Phi) is 3.94. The third-order valence-electron chi connectivity index (χ3n) is 3.11. The van der Waals surface area contributed by atoms with Crippen LogP contribution in [0.5, 0.6) is 5.75 Å². The average Bonchev–Trinajstić information content (AvgIpc) is 2.41. The summed E-state index contributed by atoms with van der Waals surface area (Å²) in [5.41, 5.74) is 9.47. The quantitative estimate of drug-likeness (QED) is 0.842. The number of carbonyl (C=O) groups is 1. The normalized spacial score (nSPS) is 10.2. The van der Waals surface area contributed by atoms with Gasteiger partial charge in [0.2, 0.25) is 0 Å². The molecule has 0 radical (unpaired) electrons. The fraction of sp³-hybridized carbons (Fsp3) is 0.188. The van der Waals surface area contributed by atoms with Gasteiger partial charge in [0.05, 0.1) is 12.7 Å². The summed E-state index contributed by atoms with van der Waals surface area (Å²) in [5, 5.41) is 2.84. The zero-order chi connectivity index (χ0) is 14.7. The standard InChI is InChI=1S/C16H18N2O2/c1-10-4-6-14(17)13(8-10)16(19)18-12-5-7-15(20-3)11(2)9-12/h4-9H,17H2,1-3H3,(H,18,19). The molecule has 3 N–H and O–H groups in total. The van der Waals surface area contributed by atoms with Crippen molar-refractivity contribution in [3.05, 3.63) is 53.1 Å². The first-order chi connectivity index (χ1) is 9.51. The average molecular weight is 270 g/mol. The fourth-order valence-corrected chi connectivity index (χ4v) is 2.02. The number of nitrogens with one attached hydrogen (secondary N) is 1. The van der Waals surface area contributed by atoms with E-state index in [0.717, 1.165) is 16.9 Å². The second-order valence-corrected chi connectivity index (χ2v) is 4.73. The van der Waals surface area contributed by atoms with Gasteiger partial charge >= 0.3 is 0 Å². The van der Waals surface area contributed by atoms with Crippen LogP contribution in [0.25, 0.3) is 0 Å². The van der Waals surface area contributed by atoms with Crippen LogP contribution in [0.4, 0.5) is 11.4 Å². The molecule has 4 nitrogen and oxygen atoms in total. The summed E-state index contributed by atoms with van der Waals surface area (Å²) in [4.78, 5) is 12.2. The smallest absolute Gasteiger partial charge is 0.257 e. The van der Waals surface area contributed by atoms with Crippen LogP contribution in [0.3, 0.4) is 0 Å². The van der Waals surface area contributed by atoms with Crippen molar-refractivity contribution in [3.8, 4) is 5.75 Å². The van der Waals surface area contributed by atoms with E-state index in [0.29, 0.717) is 16.9 Å². The molecule has 0 spiro atoms. The van der Waals surface area contributed by atoms with Crippen molar-refractivity contribution in [2.24, 2.45) is 0 Å². The lowest BCUT2D eigenvalue weighted by atomic mass is 10.1. The lowest BCUT2D eigenvalue weighted by molar-refractivity contribution is 0.102. The zero-order valence-corrected chi connectivity index (χ0v) is 11.9. The van der Waals surface area contributed by atoms with Gasteiger partial charge in [-0.15, -0.1) is 0 Å². The van der Waals surface area contributed by atoms with Crippen molar-refractivity contribution >= 4 is 17.3 Å². The van der Waals surface area contributed by atoms with Crippen LogP contribution in [-0.4, -0.2) is 13.0 Å². The Labute approximate surface area is 118 Å². The molecular weight excluding hydrogens is 252 g/mol. The minimum Gasteiger partial charge on any atom is -0.496 e. The predicted octanol–water partition coefficient (Wildman–Crippen LogP) is 3.15. The highest BCUT2D eigenvalue weighted by Crippen LogP contribution is 2.22. The van der Waals surface area contributed by atoms with E-state index in [-0.39, 0.29) is 5.91 Å². The number of amides is 1. The third kappa shape index (κ3) is 2.91. The summed E-state index contributed by atoms with van der Waals surface area (Å²) in [5.74, 6) is 0.578. The topological polar surface area (TPSA) is 64.3 Å². The van der Waals surface area contributed by atoms with Gasteiger partial charge in [0.1, 0.15) is 5.75 Å². The summed E-state index contributed by atoms with van der Waals surface area (Å²) < 4.78 is 5.19. The van der Waals surface area contributed by atoms with Crippen LogP contribution in [0.2, 0.25) is 0 Å². The number of benzene rings is 2.